The van der Waals surface area contributed by atoms with E-state index in [0.29, 0.717) is 0 Å². The first-order chi connectivity index (χ1) is 24.2. The second-order valence-corrected chi connectivity index (χ2v) is 12.6. The largest absolute Gasteiger partial charge is 0.479 e. The molecule has 0 rings (SSSR count). The van der Waals surface area contributed by atoms with Crippen LogP contribution >= 0.6 is 0 Å². The van der Waals surface area contributed by atoms with Gasteiger partial charge in [-0.3, -0.25) is 9.69 Å². The number of ether oxygens (including phenoxy) is 3. The molecule has 0 fully saturated rings. The molecule has 1 amide bonds. The van der Waals surface area contributed by atoms with Gasteiger partial charge in [0.2, 0.25) is 0 Å². The Morgan fingerprint density at radius 2 is 1.02 bits per heavy atom. The molecule has 0 heterocycles. The predicted octanol–water partition coefficient (Wildman–Crippen LogP) is -8.59. The van der Waals surface area contributed by atoms with Gasteiger partial charge >= 0.3 is 5.97 Å². The molecule has 0 saturated carbocycles. The van der Waals surface area contributed by atoms with E-state index in [-0.39, 0.29) is 39.1 Å². The smallest absolute Gasteiger partial charge is 0.334 e. The SMILES string of the molecule is CC(CC(O)COCC(O)C(=O)O)OCC(O)CC(C)OCC(O)C(=O)NCCN(C[C@H](O)[C@@H](O)[C@H](O)[C@H](O)CO)C[C@H](O)[C@@H](O)[C@H](O)[C@H](O)CO. The highest BCUT2D eigenvalue weighted by atomic mass is 16.5. The van der Waals surface area contributed by atoms with Crippen molar-refractivity contribution >= 4 is 11.9 Å². The fourth-order valence-electron chi connectivity index (χ4n) is 4.62. The van der Waals surface area contributed by atoms with Gasteiger partial charge in [-0.15, -0.1) is 0 Å². The van der Waals surface area contributed by atoms with Crippen molar-refractivity contribution in [3.63, 3.8) is 0 Å². The number of carbonyl (C=O) groups excluding carboxylic acids is 1. The van der Waals surface area contributed by atoms with Gasteiger partial charge in [-0.1, -0.05) is 0 Å². The Hall–Kier alpha value is -1.78. The lowest BCUT2D eigenvalue weighted by Gasteiger charge is -2.33. The number of aliphatic hydroxyl groups is 14. The summed E-state index contributed by atoms with van der Waals surface area (Å²) in [6, 6.07) is 0. The minimum atomic E-state index is -2.00. The van der Waals surface area contributed by atoms with Gasteiger partial charge in [0.05, 0.1) is 76.3 Å². The number of rotatable bonds is 31. The summed E-state index contributed by atoms with van der Waals surface area (Å²) >= 11 is 0. The number of carboxylic acids is 1. The van der Waals surface area contributed by atoms with E-state index in [1.165, 1.54) is 0 Å². The minimum Gasteiger partial charge on any atom is -0.479 e. The molecule has 0 radical (unpaired) electrons. The van der Waals surface area contributed by atoms with E-state index in [1.807, 2.05) is 0 Å². The van der Waals surface area contributed by atoms with Gasteiger partial charge in [0, 0.05) is 39.0 Å². The molecule has 0 aromatic heterocycles. The molecular weight excluding hydrogens is 708 g/mol. The highest BCUT2D eigenvalue weighted by Crippen LogP contribution is 2.12. The third-order valence-electron chi connectivity index (χ3n) is 7.76. The Morgan fingerprint density at radius 3 is 1.46 bits per heavy atom. The summed E-state index contributed by atoms with van der Waals surface area (Å²) in [5, 5.41) is 149. The van der Waals surface area contributed by atoms with Crippen LogP contribution in [0.2, 0.25) is 0 Å². The normalized spacial score (nSPS) is 20.4. The third-order valence-corrected chi connectivity index (χ3v) is 7.76. The average molecular weight is 769 g/mol. The van der Waals surface area contributed by atoms with E-state index in [4.69, 9.17) is 34.6 Å². The number of carboxylic acid groups (broad SMARTS) is 1. The number of nitrogens with zero attached hydrogens (tertiary/aromatic N) is 1. The zero-order valence-electron chi connectivity index (χ0n) is 29.3. The number of carbonyl (C=O) groups is 2. The lowest BCUT2D eigenvalue weighted by molar-refractivity contribution is -0.150. The molecular formula is C30H60N2O20. The van der Waals surface area contributed by atoms with Gasteiger partial charge in [-0.25, -0.2) is 4.79 Å². The summed E-state index contributed by atoms with van der Waals surface area (Å²) in [4.78, 5) is 24.2. The molecule has 0 aliphatic heterocycles. The van der Waals surface area contributed by atoms with Crippen LogP contribution in [0, 0.1) is 0 Å². The number of nitrogens with one attached hydrogen (secondary N) is 1. The van der Waals surface area contributed by atoms with Gasteiger partial charge in [0.15, 0.2) is 12.2 Å². The van der Waals surface area contributed by atoms with E-state index in [0.717, 1.165) is 4.90 Å². The Bertz CT molecular complexity index is 926. The van der Waals surface area contributed by atoms with Gasteiger partial charge in [0.1, 0.15) is 36.6 Å². The van der Waals surface area contributed by atoms with E-state index in [2.05, 4.69) is 5.32 Å². The number of aliphatic carboxylic acids is 1. The van der Waals surface area contributed by atoms with Crippen LogP contribution < -0.4 is 5.32 Å². The summed E-state index contributed by atoms with van der Waals surface area (Å²) in [6.45, 7) is -1.69. The van der Waals surface area contributed by atoms with Crippen LogP contribution in [0.3, 0.4) is 0 Å². The summed E-state index contributed by atoms with van der Waals surface area (Å²) in [7, 11) is 0. The Balaban J connectivity index is 4.88. The summed E-state index contributed by atoms with van der Waals surface area (Å²) in [5.74, 6) is -2.37. The molecule has 6 unspecified atom stereocenters. The first kappa shape index (κ1) is 50.2. The van der Waals surface area contributed by atoms with Crippen LogP contribution in [0.15, 0.2) is 0 Å². The molecule has 16 N–H and O–H groups in total. The zero-order valence-corrected chi connectivity index (χ0v) is 29.3. The lowest BCUT2D eigenvalue weighted by Crippen LogP contribution is -2.54. The molecule has 0 aliphatic rings. The lowest BCUT2D eigenvalue weighted by atomic mass is 10.0. The van der Waals surface area contributed by atoms with Crippen molar-refractivity contribution in [1.82, 2.24) is 10.2 Å². The maximum Gasteiger partial charge on any atom is 0.334 e. The molecule has 52 heavy (non-hydrogen) atoms. The summed E-state index contributed by atoms with van der Waals surface area (Å²) in [6.07, 6.45) is -21.7. The molecule has 22 heteroatoms. The first-order valence-electron chi connectivity index (χ1n) is 16.7. The van der Waals surface area contributed by atoms with Crippen molar-refractivity contribution in [3.8, 4) is 0 Å². The minimum absolute atomic E-state index is 0.0329. The highest BCUT2D eigenvalue weighted by Gasteiger charge is 2.34. The van der Waals surface area contributed by atoms with Crippen LogP contribution in [0.4, 0.5) is 0 Å². The van der Waals surface area contributed by atoms with Crippen LogP contribution in [0.1, 0.15) is 26.7 Å². The van der Waals surface area contributed by atoms with Crippen molar-refractivity contribution in [3.05, 3.63) is 0 Å². The molecule has 310 valence electrons. The van der Waals surface area contributed by atoms with Crippen molar-refractivity contribution in [2.24, 2.45) is 0 Å². The summed E-state index contributed by atoms with van der Waals surface area (Å²) < 4.78 is 15.9. The molecule has 0 spiro atoms. The molecule has 0 aromatic rings. The first-order valence-corrected chi connectivity index (χ1v) is 16.7. The number of aliphatic hydroxyl groups excluding tert-OH is 14. The number of amides is 1. The second kappa shape index (κ2) is 26.9. The van der Waals surface area contributed by atoms with Crippen LogP contribution in [-0.4, -0.2) is 245 Å². The van der Waals surface area contributed by atoms with Crippen molar-refractivity contribution < 1.29 is 100 Å². The van der Waals surface area contributed by atoms with Gasteiger partial charge in [-0.05, 0) is 13.8 Å². The van der Waals surface area contributed by atoms with Crippen LogP contribution in [-0.2, 0) is 23.8 Å². The maximum atomic E-state index is 12.5. The van der Waals surface area contributed by atoms with Crippen LogP contribution in [0.25, 0.3) is 0 Å². The number of hydrogen-bond donors (Lipinski definition) is 16. The Kier molecular flexibility index (Phi) is 26.0. The van der Waals surface area contributed by atoms with Gasteiger partial charge in [0.25, 0.3) is 5.91 Å². The molecule has 0 bridgehead atoms. The Labute approximate surface area is 300 Å². The predicted molar refractivity (Wildman–Crippen MR) is 174 cm³/mol. The quantitative estimate of drug-likeness (QED) is 0.0311. The second-order valence-electron chi connectivity index (χ2n) is 12.6. The average Bonchev–Trinajstić information content (AvgIpc) is 3.10. The molecule has 0 saturated heterocycles. The standard InChI is InChI=1S/C30H60N2O20/c1-15(5-17(35)11-50-13-24(42)30(48)49)51-12-18(36)6-16(2)52-14-23(41)29(47)31-3-4-32(7-19(37)25(43)27(45)21(39)9-33)8-20(38)26(44)28(46)22(40)10-34/h15-28,33-46H,3-14H2,1-2H3,(H,31,47)(H,48,49)/t15?,16?,17?,18?,19-,20-,21+,22+,23?,24?,25+,26+,27+,28+/m0/s1. The van der Waals surface area contributed by atoms with Gasteiger partial charge < -0.3 is 96.1 Å². The summed E-state index contributed by atoms with van der Waals surface area (Å²) in [5.41, 5.74) is 0. The molecule has 0 aliphatic carbocycles. The third kappa shape index (κ3) is 20.6. The molecule has 14 atom stereocenters. The number of hydrogen-bond acceptors (Lipinski definition) is 20. The van der Waals surface area contributed by atoms with Crippen LogP contribution in [0.5, 0.6) is 0 Å². The molecule has 22 nitrogen and oxygen atoms in total. The maximum absolute atomic E-state index is 12.5. The van der Waals surface area contributed by atoms with Crippen molar-refractivity contribution in [2.75, 3.05) is 65.8 Å². The fourth-order valence-corrected chi connectivity index (χ4v) is 4.62. The van der Waals surface area contributed by atoms with Gasteiger partial charge in [-0.2, -0.15) is 0 Å². The van der Waals surface area contributed by atoms with Crippen molar-refractivity contribution in [1.29, 1.82) is 0 Å². The van der Waals surface area contributed by atoms with E-state index in [9.17, 15) is 65.8 Å². The van der Waals surface area contributed by atoms with Crippen molar-refractivity contribution in [2.45, 2.75) is 112 Å². The monoisotopic (exact) mass is 768 g/mol. The zero-order chi connectivity index (χ0) is 40.1. The highest BCUT2D eigenvalue weighted by molar-refractivity contribution is 5.80. The Morgan fingerprint density at radius 1 is 0.596 bits per heavy atom. The van der Waals surface area contributed by atoms with E-state index >= 15 is 0 Å². The van der Waals surface area contributed by atoms with E-state index in [1.54, 1.807) is 13.8 Å². The fraction of sp³-hybridized carbons (Fsp3) is 0.933. The van der Waals surface area contributed by atoms with E-state index < -0.39 is 137 Å². The molecule has 0 aromatic carbocycles. The topological polar surface area (TPSA) is 381 Å².